The van der Waals surface area contributed by atoms with E-state index in [0.29, 0.717) is 27.9 Å². The summed E-state index contributed by atoms with van der Waals surface area (Å²) in [4.78, 5) is 24.5. The Hall–Kier alpha value is -3.45. The van der Waals surface area contributed by atoms with Gasteiger partial charge < -0.3 is 24.5 Å². The highest BCUT2D eigenvalue weighted by Gasteiger charge is 2.13. The SMILES string of the molecule is COc1ccc(NC(=O)c2ccco2)cc1NC(=O)COc1cc(C)c(Cl)c(C)c1. The second kappa shape index (κ2) is 9.37. The van der Waals surface area contributed by atoms with Crippen molar-refractivity contribution in [1.82, 2.24) is 0 Å². The van der Waals surface area contributed by atoms with Gasteiger partial charge in [-0.3, -0.25) is 9.59 Å². The van der Waals surface area contributed by atoms with Crippen LogP contribution in [-0.4, -0.2) is 25.5 Å². The fourth-order valence-electron chi connectivity index (χ4n) is 2.81. The molecule has 0 spiro atoms. The summed E-state index contributed by atoms with van der Waals surface area (Å²) in [5.41, 5.74) is 2.60. The van der Waals surface area contributed by atoms with E-state index in [1.807, 2.05) is 13.8 Å². The highest BCUT2D eigenvalue weighted by molar-refractivity contribution is 6.32. The minimum absolute atomic E-state index is 0.179. The molecule has 0 unspecified atom stereocenters. The highest BCUT2D eigenvalue weighted by atomic mass is 35.5. The Labute approximate surface area is 178 Å². The first-order valence-electron chi connectivity index (χ1n) is 9.09. The number of ether oxygens (including phenoxy) is 2. The third-order valence-electron chi connectivity index (χ3n) is 4.26. The number of furan rings is 1. The van der Waals surface area contributed by atoms with E-state index in [1.54, 1.807) is 42.5 Å². The summed E-state index contributed by atoms with van der Waals surface area (Å²) >= 11 is 6.15. The van der Waals surface area contributed by atoms with Crippen molar-refractivity contribution in [1.29, 1.82) is 0 Å². The molecule has 0 aliphatic carbocycles. The fourth-order valence-corrected chi connectivity index (χ4v) is 2.92. The van der Waals surface area contributed by atoms with E-state index in [2.05, 4.69) is 10.6 Å². The standard InChI is InChI=1S/C22H21ClN2O5/c1-13-9-16(10-14(2)21(13)23)30-12-20(26)25-17-11-15(6-7-18(17)28-3)24-22(27)19-5-4-8-29-19/h4-11H,12H2,1-3H3,(H,24,27)(H,25,26). The number of rotatable bonds is 7. The molecule has 1 heterocycles. The first kappa shape index (κ1) is 21.3. The number of hydrogen-bond acceptors (Lipinski definition) is 5. The largest absolute Gasteiger partial charge is 0.495 e. The van der Waals surface area contributed by atoms with Crippen LogP contribution < -0.4 is 20.1 Å². The van der Waals surface area contributed by atoms with Crippen LogP contribution in [0.1, 0.15) is 21.7 Å². The molecule has 2 aromatic carbocycles. The topological polar surface area (TPSA) is 89.8 Å². The molecule has 0 bridgehead atoms. The van der Waals surface area contributed by atoms with E-state index in [0.717, 1.165) is 11.1 Å². The summed E-state index contributed by atoms with van der Waals surface area (Å²) in [5, 5.41) is 6.10. The van der Waals surface area contributed by atoms with Crippen LogP contribution in [0.15, 0.2) is 53.1 Å². The number of carbonyl (C=O) groups is 2. The van der Waals surface area contributed by atoms with Crippen LogP contribution in [0.5, 0.6) is 11.5 Å². The Kier molecular flexibility index (Phi) is 6.64. The van der Waals surface area contributed by atoms with Crippen molar-refractivity contribution in [2.75, 3.05) is 24.4 Å². The molecule has 0 saturated heterocycles. The van der Waals surface area contributed by atoms with Gasteiger partial charge in [-0.25, -0.2) is 0 Å². The van der Waals surface area contributed by atoms with E-state index < -0.39 is 5.91 Å². The van der Waals surface area contributed by atoms with E-state index in [4.69, 9.17) is 25.5 Å². The third-order valence-corrected chi connectivity index (χ3v) is 4.85. The monoisotopic (exact) mass is 428 g/mol. The van der Waals surface area contributed by atoms with Crippen LogP contribution >= 0.6 is 11.6 Å². The molecule has 3 rings (SSSR count). The summed E-state index contributed by atoms with van der Waals surface area (Å²) in [6.07, 6.45) is 1.41. The van der Waals surface area contributed by atoms with Crippen molar-refractivity contribution < 1.29 is 23.5 Å². The lowest BCUT2D eigenvalue weighted by atomic mass is 10.1. The maximum absolute atomic E-state index is 12.4. The highest BCUT2D eigenvalue weighted by Crippen LogP contribution is 2.29. The molecule has 156 valence electrons. The molecule has 0 aliphatic rings. The van der Waals surface area contributed by atoms with E-state index in [-0.39, 0.29) is 18.3 Å². The van der Waals surface area contributed by atoms with Gasteiger partial charge in [-0.15, -0.1) is 0 Å². The molecule has 1 aromatic heterocycles. The van der Waals surface area contributed by atoms with Gasteiger partial charge in [0.1, 0.15) is 11.5 Å². The number of methoxy groups -OCH3 is 1. The van der Waals surface area contributed by atoms with Crippen LogP contribution in [0.4, 0.5) is 11.4 Å². The summed E-state index contributed by atoms with van der Waals surface area (Å²) in [6, 6.07) is 11.6. The van der Waals surface area contributed by atoms with Crippen molar-refractivity contribution >= 4 is 34.8 Å². The zero-order valence-electron chi connectivity index (χ0n) is 16.7. The molecule has 7 nitrogen and oxygen atoms in total. The Morgan fingerprint density at radius 2 is 1.80 bits per heavy atom. The number of hydrogen-bond donors (Lipinski definition) is 2. The Bertz CT molecular complexity index is 1040. The minimum atomic E-state index is -0.403. The molecular formula is C22H21ClN2O5. The first-order chi connectivity index (χ1) is 14.4. The Morgan fingerprint density at radius 1 is 1.07 bits per heavy atom. The van der Waals surface area contributed by atoms with Gasteiger partial charge >= 0.3 is 0 Å². The van der Waals surface area contributed by atoms with Gasteiger partial charge in [0.15, 0.2) is 12.4 Å². The van der Waals surface area contributed by atoms with E-state index >= 15 is 0 Å². The number of benzene rings is 2. The van der Waals surface area contributed by atoms with Crippen molar-refractivity contribution in [3.8, 4) is 11.5 Å². The van der Waals surface area contributed by atoms with Gasteiger partial charge in [0.2, 0.25) is 0 Å². The summed E-state index contributed by atoms with van der Waals surface area (Å²) < 4.78 is 15.9. The number of anilines is 2. The van der Waals surface area contributed by atoms with E-state index in [1.165, 1.54) is 13.4 Å². The average Bonchev–Trinajstić information content (AvgIpc) is 3.26. The average molecular weight is 429 g/mol. The molecule has 2 N–H and O–H groups in total. The molecule has 0 saturated carbocycles. The van der Waals surface area contributed by atoms with Gasteiger partial charge in [-0.2, -0.15) is 0 Å². The lowest BCUT2D eigenvalue weighted by Gasteiger charge is -2.13. The number of carbonyl (C=O) groups excluding carboxylic acids is 2. The number of aryl methyl sites for hydroxylation is 2. The molecular weight excluding hydrogens is 408 g/mol. The zero-order chi connectivity index (χ0) is 21.7. The van der Waals surface area contributed by atoms with Crippen LogP contribution in [0.25, 0.3) is 0 Å². The third kappa shape index (κ3) is 5.12. The van der Waals surface area contributed by atoms with E-state index in [9.17, 15) is 9.59 Å². The lowest BCUT2D eigenvalue weighted by molar-refractivity contribution is -0.118. The summed E-state index contributed by atoms with van der Waals surface area (Å²) in [6.45, 7) is 3.54. The van der Waals surface area contributed by atoms with Crippen LogP contribution in [0.3, 0.4) is 0 Å². The molecule has 0 fully saturated rings. The maximum atomic E-state index is 12.4. The molecule has 3 aromatic rings. The Morgan fingerprint density at radius 3 is 2.43 bits per heavy atom. The molecule has 8 heteroatoms. The minimum Gasteiger partial charge on any atom is -0.495 e. The van der Waals surface area contributed by atoms with Crippen molar-refractivity contribution in [2.24, 2.45) is 0 Å². The predicted molar refractivity (Wildman–Crippen MR) is 115 cm³/mol. The second-order valence-electron chi connectivity index (χ2n) is 6.55. The summed E-state index contributed by atoms with van der Waals surface area (Å²) in [5.74, 6) is 0.388. The molecule has 2 amide bonds. The molecule has 30 heavy (non-hydrogen) atoms. The van der Waals surface area contributed by atoms with Crippen molar-refractivity contribution in [3.05, 3.63) is 70.6 Å². The van der Waals surface area contributed by atoms with Crippen LogP contribution in [0, 0.1) is 13.8 Å². The number of nitrogens with one attached hydrogen (secondary N) is 2. The van der Waals surface area contributed by atoms with Crippen molar-refractivity contribution in [2.45, 2.75) is 13.8 Å². The zero-order valence-corrected chi connectivity index (χ0v) is 17.5. The summed E-state index contributed by atoms with van der Waals surface area (Å²) in [7, 11) is 1.49. The van der Waals surface area contributed by atoms with Crippen molar-refractivity contribution in [3.63, 3.8) is 0 Å². The molecule has 0 radical (unpaired) electrons. The number of halogens is 1. The second-order valence-corrected chi connectivity index (χ2v) is 6.93. The quantitative estimate of drug-likeness (QED) is 0.562. The first-order valence-corrected chi connectivity index (χ1v) is 9.47. The molecule has 0 atom stereocenters. The van der Waals surface area contributed by atoms with Gasteiger partial charge in [-0.05, 0) is 67.4 Å². The van der Waals surface area contributed by atoms with Crippen LogP contribution in [-0.2, 0) is 4.79 Å². The van der Waals surface area contributed by atoms with Gasteiger partial charge in [-0.1, -0.05) is 11.6 Å². The fraction of sp³-hybridized carbons (Fsp3) is 0.182. The maximum Gasteiger partial charge on any atom is 0.291 e. The Balaban J connectivity index is 1.67. The smallest absolute Gasteiger partial charge is 0.291 e. The normalized spacial score (nSPS) is 10.4. The van der Waals surface area contributed by atoms with Gasteiger partial charge in [0.25, 0.3) is 11.8 Å². The number of amides is 2. The predicted octanol–water partition coefficient (Wildman–Crippen LogP) is 4.83. The van der Waals surface area contributed by atoms with Crippen LogP contribution in [0.2, 0.25) is 5.02 Å². The lowest BCUT2D eigenvalue weighted by Crippen LogP contribution is -2.21. The van der Waals surface area contributed by atoms with Gasteiger partial charge in [0, 0.05) is 10.7 Å². The van der Waals surface area contributed by atoms with Gasteiger partial charge in [0.05, 0.1) is 19.1 Å². The molecule has 0 aliphatic heterocycles.